The Bertz CT molecular complexity index is 442. The Balaban J connectivity index is 2.08. The van der Waals surface area contributed by atoms with Crippen molar-refractivity contribution >= 4 is 28.6 Å². The SMILES string of the molecule is Fc1c(Cl)cccc1NCc1cccs1. The fourth-order valence-corrected chi connectivity index (χ4v) is 2.05. The summed E-state index contributed by atoms with van der Waals surface area (Å²) >= 11 is 7.30. The molecule has 1 N–H and O–H groups in total. The van der Waals surface area contributed by atoms with Crippen molar-refractivity contribution in [1.29, 1.82) is 0 Å². The number of hydrogen-bond acceptors (Lipinski definition) is 2. The van der Waals surface area contributed by atoms with Gasteiger partial charge < -0.3 is 5.32 Å². The molecular formula is C11H9ClFNS. The highest BCUT2D eigenvalue weighted by molar-refractivity contribution is 7.09. The van der Waals surface area contributed by atoms with Gasteiger partial charge in [0.2, 0.25) is 0 Å². The lowest BCUT2D eigenvalue weighted by Gasteiger charge is -2.06. The Morgan fingerprint density at radius 3 is 2.87 bits per heavy atom. The highest BCUT2D eigenvalue weighted by Crippen LogP contribution is 2.22. The van der Waals surface area contributed by atoms with Crippen LogP contribution in [-0.2, 0) is 6.54 Å². The topological polar surface area (TPSA) is 12.0 Å². The summed E-state index contributed by atoms with van der Waals surface area (Å²) in [4.78, 5) is 1.16. The van der Waals surface area contributed by atoms with E-state index >= 15 is 0 Å². The van der Waals surface area contributed by atoms with Gasteiger partial charge in [-0.15, -0.1) is 11.3 Å². The monoisotopic (exact) mass is 241 g/mol. The summed E-state index contributed by atoms with van der Waals surface area (Å²) in [5, 5.41) is 5.14. The van der Waals surface area contributed by atoms with Crippen LogP contribution < -0.4 is 5.32 Å². The molecule has 4 heteroatoms. The zero-order chi connectivity index (χ0) is 10.7. The van der Waals surface area contributed by atoms with Crippen LogP contribution >= 0.6 is 22.9 Å². The summed E-state index contributed by atoms with van der Waals surface area (Å²) in [6.07, 6.45) is 0. The summed E-state index contributed by atoms with van der Waals surface area (Å²) in [5.74, 6) is -0.393. The van der Waals surface area contributed by atoms with Gasteiger partial charge in [0.15, 0.2) is 5.82 Å². The molecule has 2 rings (SSSR count). The fourth-order valence-electron chi connectivity index (χ4n) is 1.24. The molecule has 1 heterocycles. The smallest absolute Gasteiger partial charge is 0.164 e. The Kier molecular flexibility index (Phi) is 3.23. The minimum Gasteiger partial charge on any atom is -0.378 e. The zero-order valence-electron chi connectivity index (χ0n) is 7.84. The van der Waals surface area contributed by atoms with Crippen LogP contribution in [-0.4, -0.2) is 0 Å². The summed E-state index contributed by atoms with van der Waals surface area (Å²) in [6.45, 7) is 0.620. The third kappa shape index (κ3) is 2.49. The lowest BCUT2D eigenvalue weighted by atomic mass is 10.3. The van der Waals surface area contributed by atoms with E-state index in [9.17, 15) is 4.39 Å². The van der Waals surface area contributed by atoms with Crippen molar-refractivity contribution in [3.63, 3.8) is 0 Å². The van der Waals surface area contributed by atoms with Gasteiger partial charge in [-0.2, -0.15) is 0 Å². The average molecular weight is 242 g/mol. The van der Waals surface area contributed by atoms with Crippen molar-refractivity contribution in [3.05, 3.63) is 51.4 Å². The molecule has 0 spiro atoms. The number of nitrogens with one attached hydrogen (secondary N) is 1. The van der Waals surface area contributed by atoms with E-state index in [1.807, 2.05) is 17.5 Å². The van der Waals surface area contributed by atoms with E-state index in [-0.39, 0.29) is 5.02 Å². The number of hydrogen-bond donors (Lipinski definition) is 1. The first-order valence-electron chi connectivity index (χ1n) is 4.47. The predicted molar refractivity (Wildman–Crippen MR) is 63.1 cm³/mol. The Morgan fingerprint density at radius 2 is 2.13 bits per heavy atom. The second-order valence-electron chi connectivity index (χ2n) is 3.03. The maximum absolute atomic E-state index is 13.4. The number of anilines is 1. The lowest BCUT2D eigenvalue weighted by molar-refractivity contribution is 0.630. The van der Waals surface area contributed by atoms with E-state index in [4.69, 9.17) is 11.6 Å². The Hall–Kier alpha value is -1.06. The van der Waals surface area contributed by atoms with Gasteiger partial charge >= 0.3 is 0 Å². The van der Waals surface area contributed by atoms with Crippen LogP contribution in [0.5, 0.6) is 0 Å². The third-order valence-electron chi connectivity index (χ3n) is 1.98. The molecule has 0 unspecified atom stereocenters. The van der Waals surface area contributed by atoms with Crippen LogP contribution in [0.25, 0.3) is 0 Å². The van der Waals surface area contributed by atoms with E-state index in [1.54, 1.807) is 23.5 Å². The summed E-state index contributed by atoms with van der Waals surface area (Å²) in [7, 11) is 0. The van der Waals surface area contributed by atoms with Crippen molar-refractivity contribution in [3.8, 4) is 0 Å². The standard InChI is InChI=1S/C11H9ClFNS/c12-9-4-1-5-10(11(9)13)14-7-8-3-2-6-15-8/h1-6,14H,7H2. The molecule has 0 saturated heterocycles. The minimum atomic E-state index is -0.393. The van der Waals surface area contributed by atoms with Gasteiger partial charge in [-0.05, 0) is 23.6 Å². The average Bonchev–Trinajstić information content (AvgIpc) is 2.73. The molecule has 78 valence electrons. The molecule has 0 saturated carbocycles. The number of rotatable bonds is 3. The summed E-state index contributed by atoms with van der Waals surface area (Å²) < 4.78 is 13.4. The molecular weight excluding hydrogens is 233 g/mol. The van der Waals surface area contributed by atoms with Crippen LogP contribution in [0, 0.1) is 5.82 Å². The van der Waals surface area contributed by atoms with Crippen molar-refractivity contribution in [2.24, 2.45) is 0 Å². The molecule has 0 radical (unpaired) electrons. The summed E-state index contributed by atoms with van der Waals surface area (Å²) in [5.41, 5.74) is 0.441. The van der Waals surface area contributed by atoms with Crippen molar-refractivity contribution in [2.75, 3.05) is 5.32 Å². The number of halogens is 2. The van der Waals surface area contributed by atoms with E-state index < -0.39 is 5.82 Å². The molecule has 0 fully saturated rings. The first-order chi connectivity index (χ1) is 7.27. The van der Waals surface area contributed by atoms with Gasteiger partial charge in [0.1, 0.15) is 0 Å². The van der Waals surface area contributed by atoms with Gasteiger partial charge in [-0.25, -0.2) is 4.39 Å². The quantitative estimate of drug-likeness (QED) is 0.851. The molecule has 0 aliphatic carbocycles. The Morgan fingerprint density at radius 1 is 1.27 bits per heavy atom. The molecule has 0 aliphatic heterocycles. The fraction of sp³-hybridized carbons (Fsp3) is 0.0909. The largest absolute Gasteiger partial charge is 0.378 e. The van der Waals surface area contributed by atoms with Crippen molar-refractivity contribution < 1.29 is 4.39 Å². The molecule has 2 aromatic rings. The Labute approximate surface area is 96.5 Å². The van der Waals surface area contributed by atoms with E-state index in [0.717, 1.165) is 4.88 Å². The van der Waals surface area contributed by atoms with Crippen LogP contribution in [0.15, 0.2) is 35.7 Å². The van der Waals surface area contributed by atoms with Crippen LogP contribution in [0.3, 0.4) is 0 Å². The first-order valence-corrected chi connectivity index (χ1v) is 5.73. The van der Waals surface area contributed by atoms with Gasteiger partial charge in [-0.3, -0.25) is 0 Å². The maximum Gasteiger partial charge on any atom is 0.164 e. The maximum atomic E-state index is 13.4. The summed E-state index contributed by atoms with van der Waals surface area (Å²) in [6, 6.07) is 8.90. The lowest BCUT2D eigenvalue weighted by Crippen LogP contribution is -1.99. The zero-order valence-corrected chi connectivity index (χ0v) is 9.41. The molecule has 0 atom stereocenters. The highest BCUT2D eigenvalue weighted by atomic mass is 35.5. The second-order valence-corrected chi connectivity index (χ2v) is 4.47. The third-order valence-corrected chi connectivity index (χ3v) is 3.15. The minimum absolute atomic E-state index is 0.145. The molecule has 0 amide bonds. The van der Waals surface area contributed by atoms with Crippen LogP contribution in [0.1, 0.15) is 4.88 Å². The van der Waals surface area contributed by atoms with Gasteiger partial charge in [0.25, 0.3) is 0 Å². The predicted octanol–water partition coefficient (Wildman–Crippen LogP) is 4.15. The van der Waals surface area contributed by atoms with Crippen molar-refractivity contribution in [1.82, 2.24) is 0 Å². The highest BCUT2D eigenvalue weighted by Gasteiger charge is 2.05. The number of benzene rings is 1. The number of thiophene rings is 1. The van der Waals surface area contributed by atoms with Crippen LogP contribution in [0.2, 0.25) is 5.02 Å². The van der Waals surface area contributed by atoms with Gasteiger partial charge in [0, 0.05) is 11.4 Å². The van der Waals surface area contributed by atoms with E-state index in [1.165, 1.54) is 6.07 Å². The molecule has 1 aromatic carbocycles. The molecule has 0 bridgehead atoms. The van der Waals surface area contributed by atoms with Gasteiger partial charge in [-0.1, -0.05) is 23.7 Å². The van der Waals surface area contributed by atoms with Gasteiger partial charge in [0.05, 0.1) is 10.7 Å². The molecule has 0 aliphatic rings. The first kappa shape index (κ1) is 10.5. The second kappa shape index (κ2) is 4.64. The molecule has 1 aromatic heterocycles. The van der Waals surface area contributed by atoms with Crippen molar-refractivity contribution in [2.45, 2.75) is 6.54 Å². The molecule has 1 nitrogen and oxygen atoms in total. The van der Waals surface area contributed by atoms with E-state index in [0.29, 0.717) is 12.2 Å². The normalized spacial score (nSPS) is 10.3. The molecule has 15 heavy (non-hydrogen) atoms. The van der Waals surface area contributed by atoms with Crippen LogP contribution in [0.4, 0.5) is 10.1 Å². The van der Waals surface area contributed by atoms with E-state index in [2.05, 4.69) is 5.32 Å².